The van der Waals surface area contributed by atoms with Gasteiger partial charge in [-0.25, -0.2) is 0 Å². The van der Waals surface area contributed by atoms with E-state index >= 15 is 0 Å². The van der Waals surface area contributed by atoms with Gasteiger partial charge in [0.1, 0.15) is 28.2 Å². The molecular weight excluding hydrogens is 256 g/mol. The minimum Gasteiger partial charge on any atom is -0.508 e. The number of benzene rings is 1. The topological polar surface area (TPSA) is 70.7 Å². The van der Waals surface area contributed by atoms with Gasteiger partial charge in [-0.05, 0) is 12.5 Å². The Morgan fingerprint density at radius 3 is 2.60 bits per heavy atom. The number of allylic oxidation sites excluding steroid dienone is 4. The van der Waals surface area contributed by atoms with Crippen molar-refractivity contribution in [2.45, 2.75) is 6.92 Å². The fraction of sp³-hybridized carbons (Fsp3) is 0.0625. The lowest BCUT2D eigenvalue weighted by molar-refractivity contribution is 0.451. The van der Waals surface area contributed by atoms with E-state index in [1.807, 2.05) is 0 Å². The van der Waals surface area contributed by atoms with Gasteiger partial charge in [0.15, 0.2) is 5.43 Å². The third kappa shape index (κ3) is 2.36. The predicted octanol–water partition coefficient (Wildman–Crippen LogP) is 3.35. The summed E-state index contributed by atoms with van der Waals surface area (Å²) in [5, 5.41) is 19.2. The average Bonchev–Trinajstić information content (AvgIpc) is 2.33. The first-order valence-corrected chi connectivity index (χ1v) is 5.93. The number of hydrogen-bond donors (Lipinski definition) is 2. The Balaban J connectivity index is 2.82. The Kier molecular flexibility index (Phi) is 3.48. The summed E-state index contributed by atoms with van der Waals surface area (Å²) >= 11 is 0. The zero-order chi connectivity index (χ0) is 14.9. The number of hydrogen-bond acceptors (Lipinski definition) is 4. The molecule has 0 saturated carbocycles. The fourth-order valence-corrected chi connectivity index (χ4v) is 1.94. The quantitative estimate of drug-likeness (QED) is 0.839. The van der Waals surface area contributed by atoms with Crippen LogP contribution in [0.25, 0.3) is 16.5 Å². The molecule has 102 valence electrons. The number of phenols is 2. The van der Waals surface area contributed by atoms with Gasteiger partial charge in [-0.3, -0.25) is 4.79 Å². The van der Waals surface area contributed by atoms with E-state index in [9.17, 15) is 15.0 Å². The molecule has 0 radical (unpaired) electrons. The van der Waals surface area contributed by atoms with E-state index in [4.69, 9.17) is 4.42 Å². The normalized spacial score (nSPS) is 11.6. The van der Waals surface area contributed by atoms with Gasteiger partial charge in [-0.1, -0.05) is 25.3 Å². The van der Waals surface area contributed by atoms with Crippen LogP contribution in [0.3, 0.4) is 0 Å². The summed E-state index contributed by atoms with van der Waals surface area (Å²) in [7, 11) is 0. The van der Waals surface area contributed by atoms with Gasteiger partial charge in [0.25, 0.3) is 0 Å². The van der Waals surface area contributed by atoms with E-state index in [1.54, 1.807) is 19.1 Å². The zero-order valence-corrected chi connectivity index (χ0v) is 11.0. The minimum absolute atomic E-state index is 0.0335. The first-order valence-electron chi connectivity index (χ1n) is 5.93. The Morgan fingerprint density at radius 2 is 2.00 bits per heavy atom. The van der Waals surface area contributed by atoms with Crippen molar-refractivity contribution in [3.63, 3.8) is 0 Å². The Hall–Kier alpha value is -2.75. The summed E-state index contributed by atoms with van der Waals surface area (Å²) in [5.41, 5.74) is 1.05. The third-order valence-corrected chi connectivity index (χ3v) is 2.80. The molecule has 0 saturated heterocycles. The van der Waals surface area contributed by atoms with Crippen molar-refractivity contribution in [2.24, 2.45) is 0 Å². The van der Waals surface area contributed by atoms with E-state index in [-0.39, 0.29) is 22.5 Å². The number of aromatic hydroxyl groups is 2. The summed E-state index contributed by atoms with van der Waals surface area (Å²) in [6.07, 6.45) is 3.24. The molecule has 20 heavy (non-hydrogen) atoms. The standard InChI is InChI=1S/C16H14O4/c1-4-5-11(9(2)3)14-8-13(19)16-12(18)6-10(17)7-15(16)20-14/h4-8,17-18H,1-2H2,3H3/b11-5+. The Morgan fingerprint density at radius 1 is 1.30 bits per heavy atom. The van der Waals surface area contributed by atoms with Crippen LogP contribution in [-0.2, 0) is 0 Å². The molecule has 0 aliphatic rings. The second-order valence-electron chi connectivity index (χ2n) is 4.41. The minimum atomic E-state index is -0.394. The third-order valence-electron chi connectivity index (χ3n) is 2.80. The molecule has 0 fully saturated rings. The Bertz CT molecular complexity index is 794. The van der Waals surface area contributed by atoms with Crippen molar-refractivity contribution in [3.05, 3.63) is 65.1 Å². The highest BCUT2D eigenvalue weighted by Crippen LogP contribution is 2.30. The first kappa shape index (κ1) is 13.7. The molecule has 0 atom stereocenters. The second kappa shape index (κ2) is 5.09. The van der Waals surface area contributed by atoms with Gasteiger partial charge in [-0.2, -0.15) is 0 Å². The lowest BCUT2D eigenvalue weighted by Gasteiger charge is -2.08. The molecule has 2 rings (SSSR count). The summed E-state index contributed by atoms with van der Waals surface area (Å²) < 4.78 is 5.58. The molecule has 0 aliphatic carbocycles. The highest BCUT2D eigenvalue weighted by atomic mass is 16.3. The van der Waals surface area contributed by atoms with Crippen LogP contribution in [0.15, 0.2) is 58.3 Å². The van der Waals surface area contributed by atoms with Gasteiger partial charge < -0.3 is 14.6 Å². The monoisotopic (exact) mass is 270 g/mol. The molecule has 2 N–H and O–H groups in total. The molecule has 4 nitrogen and oxygen atoms in total. The van der Waals surface area contributed by atoms with Crippen LogP contribution in [0, 0.1) is 0 Å². The van der Waals surface area contributed by atoms with Crippen LogP contribution in [0.4, 0.5) is 0 Å². The van der Waals surface area contributed by atoms with Gasteiger partial charge in [-0.15, -0.1) is 0 Å². The molecule has 1 aromatic heterocycles. The van der Waals surface area contributed by atoms with E-state index in [0.717, 1.165) is 6.07 Å². The lowest BCUT2D eigenvalue weighted by Crippen LogP contribution is -2.02. The molecule has 4 heteroatoms. The maximum atomic E-state index is 12.1. The highest BCUT2D eigenvalue weighted by Gasteiger charge is 2.13. The van der Waals surface area contributed by atoms with Crippen molar-refractivity contribution >= 4 is 16.5 Å². The van der Waals surface area contributed by atoms with Crippen LogP contribution in [-0.4, -0.2) is 10.2 Å². The zero-order valence-electron chi connectivity index (χ0n) is 11.0. The molecule has 0 unspecified atom stereocenters. The lowest BCUT2D eigenvalue weighted by atomic mass is 10.0. The van der Waals surface area contributed by atoms with Crippen LogP contribution >= 0.6 is 0 Å². The highest BCUT2D eigenvalue weighted by molar-refractivity contribution is 5.86. The summed E-state index contributed by atoms with van der Waals surface area (Å²) in [6.45, 7) is 9.20. The number of fused-ring (bicyclic) bond motifs is 1. The maximum absolute atomic E-state index is 12.1. The predicted molar refractivity (Wildman–Crippen MR) is 78.8 cm³/mol. The van der Waals surface area contributed by atoms with Crippen molar-refractivity contribution < 1.29 is 14.6 Å². The van der Waals surface area contributed by atoms with Crippen LogP contribution in [0.5, 0.6) is 11.5 Å². The van der Waals surface area contributed by atoms with Crippen molar-refractivity contribution in [3.8, 4) is 11.5 Å². The summed E-state index contributed by atoms with van der Waals surface area (Å²) in [4.78, 5) is 12.1. The van der Waals surface area contributed by atoms with Crippen molar-refractivity contribution in [2.75, 3.05) is 0 Å². The van der Waals surface area contributed by atoms with E-state index < -0.39 is 5.43 Å². The van der Waals surface area contributed by atoms with E-state index in [0.29, 0.717) is 16.9 Å². The van der Waals surface area contributed by atoms with Gasteiger partial charge in [0, 0.05) is 23.8 Å². The number of phenolic OH excluding ortho intramolecular Hbond substituents is 2. The molecule has 0 bridgehead atoms. The van der Waals surface area contributed by atoms with E-state index in [2.05, 4.69) is 13.2 Å². The molecule has 0 aliphatic heterocycles. The maximum Gasteiger partial charge on any atom is 0.197 e. The van der Waals surface area contributed by atoms with Crippen LogP contribution in [0.1, 0.15) is 12.7 Å². The van der Waals surface area contributed by atoms with Gasteiger partial charge in [0.05, 0.1) is 0 Å². The van der Waals surface area contributed by atoms with Gasteiger partial charge in [0.2, 0.25) is 0 Å². The molecule has 0 spiro atoms. The molecule has 0 amide bonds. The van der Waals surface area contributed by atoms with Crippen LogP contribution in [0.2, 0.25) is 0 Å². The van der Waals surface area contributed by atoms with Crippen molar-refractivity contribution in [1.29, 1.82) is 0 Å². The molecule has 2 aromatic rings. The van der Waals surface area contributed by atoms with Gasteiger partial charge >= 0.3 is 0 Å². The Labute approximate surface area is 115 Å². The van der Waals surface area contributed by atoms with Crippen LogP contribution < -0.4 is 5.43 Å². The van der Waals surface area contributed by atoms with Crippen molar-refractivity contribution in [1.82, 2.24) is 0 Å². The largest absolute Gasteiger partial charge is 0.508 e. The number of rotatable bonds is 3. The average molecular weight is 270 g/mol. The molecular formula is C16H14O4. The first-order chi connectivity index (χ1) is 9.43. The SMILES string of the molecule is C=C/C=C(\C(=C)C)c1cc(=O)c2c(O)cc(O)cc2o1. The summed E-state index contributed by atoms with van der Waals surface area (Å²) in [6, 6.07) is 3.66. The summed E-state index contributed by atoms with van der Waals surface area (Å²) in [5.74, 6) is -0.190. The van der Waals surface area contributed by atoms with E-state index in [1.165, 1.54) is 12.1 Å². The molecule has 1 aromatic carbocycles. The second-order valence-corrected chi connectivity index (χ2v) is 4.41. The fourth-order valence-electron chi connectivity index (χ4n) is 1.94. The molecule has 1 heterocycles. The smallest absolute Gasteiger partial charge is 0.197 e.